The number of rotatable bonds is 6. The fourth-order valence-electron chi connectivity index (χ4n) is 8.95. The second kappa shape index (κ2) is 13.6. The third-order valence-electron chi connectivity index (χ3n) is 11.9. The molecule has 12 rings (SSSR count). The zero-order valence-corrected chi connectivity index (χ0v) is 32.8. The fourth-order valence-corrected chi connectivity index (χ4v) is 10.0. The first-order valence-corrected chi connectivity index (χ1v) is 20.9. The number of furan rings is 1. The van der Waals surface area contributed by atoms with E-state index in [4.69, 9.17) is 4.42 Å². The van der Waals surface area contributed by atoms with Gasteiger partial charge in [0.15, 0.2) is 5.58 Å². The lowest BCUT2D eigenvalue weighted by molar-refractivity contribution is 0.670. The molecule has 0 saturated heterocycles. The number of para-hydroxylation sites is 2. The van der Waals surface area contributed by atoms with E-state index in [0.29, 0.717) is 0 Å². The molecule has 276 valence electrons. The smallest absolute Gasteiger partial charge is 0.159 e. The highest BCUT2D eigenvalue weighted by atomic mass is 32.1. The van der Waals surface area contributed by atoms with Gasteiger partial charge in [0.2, 0.25) is 0 Å². The van der Waals surface area contributed by atoms with Crippen molar-refractivity contribution in [2.24, 2.45) is 0 Å². The first kappa shape index (κ1) is 33.7. The molecule has 0 bridgehead atoms. The second-order valence-electron chi connectivity index (χ2n) is 15.3. The van der Waals surface area contributed by atoms with Gasteiger partial charge in [-0.2, -0.15) is 0 Å². The monoisotopic (exact) mass is 769 g/mol. The van der Waals surface area contributed by atoms with E-state index in [9.17, 15) is 0 Å². The zero-order chi connectivity index (χ0) is 38.9. The van der Waals surface area contributed by atoms with Crippen LogP contribution in [0, 0.1) is 0 Å². The minimum Gasteiger partial charge on any atom is -0.453 e. The Morgan fingerprint density at radius 3 is 1.63 bits per heavy atom. The van der Waals surface area contributed by atoms with Crippen LogP contribution in [0.1, 0.15) is 0 Å². The van der Waals surface area contributed by atoms with E-state index in [1.54, 1.807) is 0 Å². The molecule has 0 fully saturated rings. The number of anilines is 3. The molecule has 0 aliphatic rings. The Hall–Kier alpha value is -7.46. The van der Waals surface area contributed by atoms with Crippen LogP contribution in [0.25, 0.3) is 97.0 Å². The molecular weight excluding hydrogens is 735 g/mol. The molecule has 2 heterocycles. The predicted octanol–water partition coefficient (Wildman–Crippen LogP) is 16.7. The summed E-state index contributed by atoms with van der Waals surface area (Å²) in [4.78, 5) is 2.34. The van der Waals surface area contributed by atoms with Crippen LogP contribution in [0.5, 0.6) is 0 Å². The summed E-state index contributed by atoms with van der Waals surface area (Å²) in [5, 5.41) is 9.86. The van der Waals surface area contributed by atoms with Crippen molar-refractivity contribution in [3.8, 4) is 33.4 Å². The topological polar surface area (TPSA) is 16.4 Å². The van der Waals surface area contributed by atoms with Crippen molar-refractivity contribution in [2.75, 3.05) is 4.90 Å². The van der Waals surface area contributed by atoms with E-state index in [2.05, 4.69) is 217 Å². The molecule has 0 N–H and O–H groups in total. The number of hydrogen-bond donors (Lipinski definition) is 0. The maximum absolute atomic E-state index is 6.98. The molecule has 0 aliphatic heterocycles. The van der Waals surface area contributed by atoms with E-state index in [1.165, 1.54) is 64.0 Å². The molecule has 2 aromatic heterocycles. The van der Waals surface area contributed by atoms with Gasteiger partial charge in [-0.25, -0.2) is 0 Å². The van der Waals surface area contributed by atoms with Crippen molar-refractivity contribution in [3.63, 3.8) is 0 Å². The molecule has 2 nitrogen and oxygen atoms in total. The van der Waals surface area contributed by atoms with Crippen LogP contribution < -0.4 is 4.90 Å². The number of hydrogen-bond acceptors (Lipinski definition) is 3. The zero-order valence-electron chi connectivity index (χ0n) is 32.0. The van der Waals surface area contributed by atoms with Crippen molar-refractivity contribution in [1.29, 1.82) is 0 Å². The Morgan fingerprint density at radius 1 is 0.322 bits per heavy atom. The van der Waals surface area contributed by atoms with Crippen molar-refractivity contribution in [1.82, 2.24) is 0 Å². The molecule has 0 unspecified atom stereocenters. The van der Waals surface area contributed by atoms with Crippen molar-refractivity contribution in [2.45, 2.75) is 0 Å². The van der Waals surface area contributed by atoms with Gasteiger partial charge in [0, 0.05) is 47.9 Å². The van der Waals surface area contributed by atoms with Gasteiger partial charge in [-0.3, -0.25) is 0 Å². The van der Waals surface area contributed by atoms with Crippen LogP contribution in [0.2, 0.25) is 0 Å². The lowest BCUT2D eigenvalue weighted by Crippen LogP contribution is -2.10. The van der Waals surface area contributed by atoms with Gasteiger partial charge in [-0.15, -0.1) is 11.3 Å². The van der Waals surface area contributed by atoms with Crippen LogP contribution >= 0.6 is 11.3 Å². The van der Waals surface area contributed by atoms with Gasteiger partial charge < -0.3 is 9.32 Å². The standard InChI is InChI=1S/C56H35NOS/c1-2-10-38(11-3-1)46-15-8-16-48-49-17-9-18-52(56(49)58-55(46)48)57(44-31-26-37(27-32-44)42-28-33-54-51(35-42)47-14-6-7-19-53(47)59-54)43-29-24-36(25-30-43)41-23-22-40-21-20-39-12-4-5-13-45(39)50(40)34-41/h1-35H. The summed E-state index contributed by atoms with van der Waals surface area (Å²) in [5.41, 5.74) is 11.8. The van der Waals surface area contributed by atoms with Gasteiger partial charge in [0.25, 0.3) is 0 Å². The minimum absolute atomic E-state index is 0.857. The molecule has 59 heavy (non-hydrogen) atoms. The van der Waals surface area contributed by atoms with Gasteiger partial charge in [0.1, 0.15) is 5.58 Å². The highest BCUT2D eigenvalue weighted by molar-refractivity contribution is 7.25. The number of benzene rings is 10. The molecule has 0 saturated carbocycles. The molecular formula is C56H35NOS. The molecule has 12 aromatic rings. The summed E-state index contributed by atoms with van der Waals surface area (Å²) in [6.45, 7) is 0. The quantitative estimate of drug-likeness (QED) is 0.157. The first-order valence-electron chi connectivity index (χ1n) is 20.1. The average molecular weight is 770 g/mol. The maximum Gasteiger partial charge on any atom is 0.159 e. The highest BCUT2D eigenvalue weighted by Gasteiger charge is 2.21. The molecule has 0 atom stereocenters. The Morgan fingerprint density at radius 2 is 0.864 bits per heavy atom. The molecule has 0 radical (unpaired) electrons. The fraction of sp³-hybridized carbons (Fsp3) is 0. The molecule has 3 heteroatoms. The molecule has 0 spiro atoms. The number of nitrogens with zero attached hydrogens (tertiary/aromatic N) is 1. The van der Waals surface area contributed by atoms with Gasteiger partial charge in [-0.1, -0.05) is 158 Å². The van der Waals surface area contributed by atoms with E-state index in [-0.39, 0.29) is 0 Å². The molecule has 0 aliphatic carbocycles. The lowest BCUT2D eigenvalue weighted by Gasteiger charge is -2.26. The van der Waals surface area contributed by atoms with Crippen LogP contribution in [0.4, 0.5) is 17.1 Å². The van der Waals surface area contributed by atoms with E-state index >= 15 is 0 Å². The SMILES string of the molecule is c1ccc(-c2cccc3c2oc2c(N(c4ccc(-c5ccc6ccc7ccccc7c6c5)cc4)c4ccc(-c5ccc6sc7ccccc7c6c5)cc4)cccc23)cc1. The summed E-state index contributed by atoms with van der Waals surface area (Å²) in [6.07, 6.45) is 0. The Bertz CT molecular complexity index is 3540. The third kappa shape index (κ3) is 5.62. The first-order chi connectivity index (χ1) is 29.2. The van der Waals surface area contributed by atoms with Gasteiger partial charge in [0.05, 0.1) is 5.69 Å². The van der Waals surface area contributed by atoms with Crippen molar-refractivity contribution < 1.29 is 4.42 Å². The highest BCUT2D eigenvalue weighted by Crippen LogP contribution is 2.45. The minimum atomic E-state index is 0.857. The van der Waals surface area contributed by atoms with Crippen molar-refractivity contribution in [3.05, 3.63) is 212 Å². The van der Waals surface area contributed by atoms with Gasteiger partial charge >= 0.3 is 0 Å². The van der Waals surface area contributed by atoms with E-state index < -0.39 is 0 Å². The number of thiophene rings is 1. The Balaban J connectivity index is 0.997. The van der Waals surface area contributed by atoms with E-state index in [1.807, 2.05) is 11.3 Å². The predicted molar refractivity (Wildman–Crippen MR) is 253 cm³/mol. The Labute approximate surface area is 345 Å². The maximum atomic E-state index is 6.98. The second-order valence-corrected chi connectivity index (χ2v) is 16.3. The van der Waals surface area contributed by atoms with Crippen LogP contribution in [-0.2, 0) is 0 Å². The normalized spacial score (nSPS) is 11.7. The van der Waals surface area contributed by atoms with Crippen LogP contribution in [0.3, 0.4) is 0 Å². The molecule has 0 amide bonds. The average Bonchev–Trinajstić information content (AvgIpc) is 3.88. The number of fused-ring (bicyclic) bond motifs is 9. The third-order valence-corrected chi connectivity index (χ3v) is 13.0. The van der Waals surface area contributed by atoms with Crippen LogP contribution in [0.15, 0.2) is 217 Å². The lowest BCUT2D eigenvalue weighted by atomic mass is 9.97. The molecule has 10 aromatic carbocycles. The summed E-state index contributed by atoms with van der Waals surface area (Å²) in [5.74, 6) is 0. The summed E-state index contributed by atoms with van der Waals surface area (Å²) < 4.78 is 9.62. The summed E-state index contributed by atoms with van der Waals surface area (Å²) in [6, 6.07) is 76.8. The van der Waals surface area contributed by atoms with Gasteiger partial charge in [-0.05, 0) is 104 Å². The van der Waals surface area contributed by atoms with Crippen molar-refractivity contribution >= 4 is 92.1 Å². The Kier molecular flexibility index (Phi) is 7.75. The summed E-state index contributed by atoms with van der Waals surface area (Å²) in [7, 11) is 0. The largest absolute Gasteiger partial charge is 0.453 e. The van der Waals surface area contributed by atoms with Crippen LogP contribution in [-0.4, -0.2) is 0 Å². The summed E-state index contributed by atoms with van der Waals surface area (Å²) >= 11 is 1.85. The van der Waals surface area contributed by atoms with E-state index in [0.717, 1.165) is 50.1 Å².